The molecular weight excluding hydrogens is 416 g/mol. The predicted octanol–water partition coefficient (Wildman–Crippen LogP) is -2.80. The molecule has 172 valence electrons. The molecule has 0 bridgehead atoms. The van der Waals surface area contributed by atoms with Gasteiger partial charge in [0.2, 0.25) is 23.6 Å². The lowest BCUT2D eigenvalue weighted by atomic mass is 10.1. The highest BCUT2D eigenvalue weighted by molar-refractivity contribution is 7.80. The Morgan fingerprint density at radius 1 is 0.933 bits per heavy atom. The van der Waals surface area contributed by atoms with Crippen molar-refractivity contribution in [2.75, 3.05) is 12.3 Å². The molecule has 0 fully saturated rings. The number of amides is 4. The van der Waals surface area contributed by atoms with Gasteiger partial charge in [-0.1, -0.05) is 0 Å². The van der Waals surface area contributed by atoms with E-state index in [-0.39, 0.29) is 25.0 Å². The SMILES string of the molecule is CC(NC(=O)C(CS)NC(=O)C(CCCCN)NC(=O)C(N)CCC(N)=O)C(=O)O. The van der Waals surface area contributed by atoms with Crippen molar-refractivity contribution in [2.24, 2.45) is 17.2 Å². The molecule has 0 aromatic carbocycles. The number of carboxylic acid groups (broad SMARTS) is 1. The van der Waals surface area contributed by atoms with Crippen LogP contribution >= 0.6 is 12.6 Å². The van der Waals surface area contributed by atoms with E-state index in [0.29, 0.717) is 19.4 Å². The molecule has 12 nitrogen and oxygen atoms in total. The smallest absolute Gasteiger partial charge is 0.325 e. The van der Waals surface area contributed by atoms with Crippen molar-refractivity contribution in [1.29, 1.82) is 0 Å². The number of hydrogen-bond donors (Lipinski definition) is 8. The van der Waals surface area contributed by atoms with Crippen LogP contribution in [0.3, 0.4) is 0 Å². The molecule has 0 aliphatic heterocycles. The first-order valence-electron chi connectivity index (χ1n) is 9.52. The molecule has 0 radical (unpaired) electrons. The summed E-state index contributed by atoms with van der Waals surface area (Å²) in [6.45, 7) is 1.68. The maximum atomic E-state index is 12.7. The summed E-state index contributed by atoms with van der Waals surface area (Å²) in [5.41, 5.74) is 16.2. The van der Waals surface area contributed by atoms with Gasteiger partial charge in [-0.05, 0) is 39.2 Å². The van der Waals surface area contributed by atoms with Crippen molar-refractivity contribution in [3.05, 3.63) is 0 Å². The average Bonchev–Trinajstić information content (AvgIpc) is 2.68. The van der Waals surface area contributed by atoms with E-state index in [1.54, 1.807) is 0 Å². The van der Waals surface area contributed by atoms with Gasteiger partial charge in [-0.3, -0.25) is 24.0 Å². The lowest BCUT2D eigenvalue weighted by Crippen LogP contribution is -2.57. The average molecular weight is 449 g/mol. The number of primary amides is 1. The minimum Gasteiger partial charge on any atom is -0.480 e. The van der Waals surface area contributed by atoms with Gasteiger partial charge in [-0.2, -0.15) is 12.6 Å². The molecule has 13 heteroatoms. The van der Waals surface area contributed by atoms with Crippen molar-refractivity contribution in [3.63, 3.8) is 0 Å². The van der Waals surface area contributed by atoms with Crippen LogP contribution in [0.25, 0.3) is 0 Å². The van der Waals surface area contributed by atoms with Gasteiger partial charge in [0.05, 0.1) is 6.04 Å². The number of nitrogens with two attached hydrogens (primary N) is 3. The molecule has 0 spiro atoms. The van der Waals surface area contributed by atoms with Gasteiger partial charge < -0.3 is 38.3 Å². The zero-order valence-electron chi connectivity index (χ0n) is 16.9. The van der Waals surface area contributed by atoms with Crippen molar-refractivity contribution in [2.45, 2.75) is 63.2 Å². The first kappa shape index (κ1) is 27.6. The van der Waals surface area contributed by atoms with Gasteiger partial charge >= 0.3 is 5.97 Å². The zero-order chi connectivity index (χ0) is 23.3. The van der Waals surface area contributed by atoms with Crippen LogP contribution in [0.4, 0.5) is 0 Å². The molecule has 0 aromatic rings. The fourth-order valence-corrected chi connectivity index (χ4v) is 2.57. The highest BCUT2D eigenvalue weighted by Gasteiger charge is 2.28. The second kappa shape index (κ2) is 14.6. The van der Waals surface area contributed by atoms with Gasteiger partial charge in [0, 0.05) is 12.2 Å². The zero-order valence-corrected chi connectivity index (χ0v) is 17.8. The number of hydrogen-bond acceptors (Lipinski definition) is 8. The molecule has 0 heterocycles. The van der Waals surface area contributed by atoms with Crippen LogP contribution in [-0.4, -0.2) is 71.2 Å². The van der Waals surface area contributed by atoms with Crippen LogP contribution in [0.5, 0.6) is 0 Å². The fraction of sp³-hybridized carbons (Fsp3) is 0.706. The summed E-state index contributed by atoms with van der Waals surface area (Å²) in [7, 11) is 0. The standard InChI is InChI=1S/C17H32N6O6S/c1-9(17(28)29)21-16(27)12(8-30)23-15(26)11(4-2-3-7-18)22-14(25)10(19)5-6-13(20)24/h9-12,30H,2-8,18-19H2,1H3,(H2,20,24)(H,21,27)(H,22,25)(H,23,26)(H,28,29). The quantitative estimate of drug-likeness (QED) is 0.0963. The largest absolute Gasteiger partial charge is 0.480 e. The molecule has 0 aliphatic carbocycles. The summed E-state index contributed by atoms with van der Waals surface area (Å²) in [4.78, 5) is 58.8. The third-order valence-electron chi connectivity index (χ3n) is 4.16. The monoisotopic (exact) mass is 448 g/mol. The summed E-state index contributed by atoms with van der Waals surface area (Å²) in [5, 5.41) is 16.1. The number of carbonyl (C=O) groups excluding carboxylic acids is 4. The maximum Gasteiger partial charge on any atom is 0.325 e. The Morgan fingerprint density at radius 3 is 2.00 bits per heavy atom. The minimum absolute atomic E-state index is 0.0209. The summed E-state index contributed by atoms with van der Waals surface area (Å²) in [6, 6.07) is -4.31. The molecular formula is C17H32N6O6S. The molecule has 4 atom stereocenters. The molecule has 0 rings (SSSR count). The fourth-order valence-electron chi connectivity index (χ4n) is 2.31. The maximum absolute atomic E-state index is 12.7. The van der Waals surface area contributed by atoms with E-state index in [9.17, 15) is 24.0 Å². The van der Waals surface area contributed by atoms with E-state index in [1.165, 1.54) is 6.92 Å². The molecule has 0 saturated carbocycles. The Hall–Kier alpha value is -2.38. The van der Waals surface area contributed by atoms with E-state index < -0.39 is 53.8 Å². The number of unbranched alkanes of at least 4 members (excludes halogenated alkanes) is 1. The molecule has 4 unspecified atom stereocenters. The summed E-state index contributed by atoms with van der Waals surface area (Å²) in [6.07, 6.45) is 1.32. The van der Waals surface area contributed by atoms with Gasteiger partial charge in [-0.15, -0.1) is 0 Å². The molecule has 0 aromatic heterocycles. The third-order valence-corrected chi connectivity index (χ3v) is 4.53. The topological polar surface area (TPSA) is 220 Å². The Bertz CT molecular complexity index is 620. The highest BCUT2D eigenvalue weighted by atomic mass is 32.1. The summed E-state index contributed by atoms with van der Waals surface area (Å²) in [5.74, 6) is -3.95. The summed E-state index contributed by atoms with van der Waals surface area (Å²) < 4.78 is 0. The number of carboxylic acids is 1. The van der Waals surface area contributed by atoms with Crippen molar-refractivity contribution >= 4 is 42.2 Å². The third kappa shape index (κ3) is 11.0. The molecule has 30 heavy (non-hydrogen) atoms. The van der Waals surface area contributed by atoms with E-state index in [2.05, 4.69) is 28.6 Å². The van der Waals surface area contributed by atoms with Crippen LogP contribution in [0.2, 0.25) is 0 Å². The minimum atomic E-state index is -1.23. The van der Waals surface area contributed by atoms with Crippen LogP contribution in [0.1, 0.15) is 39.0 Å². The number of nitrogens with one attached hydrogen (secondary N) is 3. The molecule has 0 saturated heterocycles. The number of thiol groups is 1. The highest BCUT2D eigenvalue weighted by Crippen LogP contribution is 2.04. The van der Waals surface area contributed by atoms with E-state index >= 15 is 0 Å². The summed E-state index contributed by atoms with van der Waals surface area (Å²) >= 11 is 4.02. The van der Waals surface area contributed by atoms with Crippen LogP contribution in [0.15, 0.2) is 0 Å². The Morgan fingerprint density at radius 2 is 1.50 bits per heavy atom. The lowest BCUT2D eigenvalue weighted by Gasteiger charge is -2.24. The van der Waals surface area contributed by atoms with Gasteiger partial charge in [0.25, 0.3) is 0 Å². The van der Waals surface area contributed by atoms with Crippen LogP contribution < -0.4 is 33.2 Å². The normalized spacial score (nSPS) is 14.7. The first-order chi connectivity index (χ1) is 14.0. The van der Waals surface area contributed by atoms with E-state index in [4.69, 9.17) is 22.3 Å². The van der Waals surface area contributed by atoms with Crippen molar-refractivity contribution < 1.29 is 29.1 Å². The molecule has 4 amide bonds. The Balaban J connectivity index is 5.09. The van der Waals surface area contributed by atoms with E-state index in [1.807, 2.05) is 0 Å². The first-order valence-corrected chi connectivity index (χ1v) is 10.1. The van der Waals surface area contributed by atoms with Gasteiger partial charge in [0.1, 0.15) is 18.1 Å². The second-order valence-corrected chi connectivity index (χ2v) is 7.13. The van der Waals surface area contributed by atoms with Crippen LogP contribution in [-0.2, 0) is 24.0 Å². The van der Waals surface area contributed by atoms with Gasteiger partial charge in [-0.25, -0.2) is 0 Å². The van der Waals surface area contributed by atoms with E-state index in [0.717, 1.165) is 0 Å². The van der Waals surface area contributed by atoms with Crippen LogP contribution in [0, 0.1) is 0 Å². The van der Waals surface area contributed by atoms with Crippen molar-refractivity contribution in [3.8, 4) is 0 Å². The number of rotatable bonds is 15. The predicted molar refractivity (Wildman–Crippen MR) is 112 cm³/mol. The lowest BCUT2D eigenvalue weighted by molar-refractivity contribution is -0.141. The van der Waals surface area contributed by atoms with Gasteiger partial charge in [0.15, 0.2) is 0 Å². The Kier molecular flexibility index (Phi) is 13.4. The number of carbonyl (C=O) groups is 5. The molecule has 10 N–H and O–H groups in total. The Labute approximate surface area is 180 Å². The second-order valence-electron chi connectivity index (χ2n) is 6.77. The number of aliphatic carboxylic acids is 1. The van der Waals surface area contributed by atoms with Crippen molar-refractivity contribution in [1.82, 2.24) is 16.0 Å². The molecule has 0 aliphatic rings.